The Bertz CT molecular complexity index is 1240. The van der Waals surface area contributed by atoms with Crippen molar-refractivity contribution < 1.29 is 4.79 Å². The van der Waals surface area contributed by atoms with Crippen molar-refractivity contribution in [1.29, 1.82) is 0 Å². The van der Waals surface area contributed by atoms with Crippen molar-refractivity contribution >= 4 is 17.4 Å². The summed E-state index contributed by atoms with van der Waals surface area (Å²) >= 11 is 0. The Labute approximate surface area is 205 Å². The number of carbonyl (C=O) groups excluding carboxylic acids is 1. The Morgan fingerprint density at radius 2 is 1.80 bits per heavy atom. The fourth-order valence-corrected chi connectivity index (χ4v) is 4.82. The van der Waals surface area contributed by atoms with Gasteiger partial charge in [-0.1, -0.05) is 43.3 Å². The molecule has 1 fully saturated rings. The van der Waals surface area contributed by atoms with Crippen molar-refractivity contribution in [1.82, 2.24) is 14.5 Å². The van der Waals surface area contributed by atoms with Crippen LogP contribution in [0.4, 0.5) is 11.5 Å². The van der Waals surface area contributed by atoms with E-state index in [1.54, 1.807) is 0 Å². The molecule has 0 unspecified atom stereocenters. The Hall–Kier alpha value is -3.61. The number of anilines is 2. The van der Waals surface area contributed by atoms with Crippen LogP contribution in [0.5, 0.6) is 0 Å². The zero-order valence-corrected chi connectivity index (χ0v) is 20.5. The first kappa shape index (κ1) is 24.5. The molecule has 0 radical (unpaired) electrons. The largest absolute Gasteiger partial charge is 0.343 e. The Morgan fingerprint density at radius 1 is 1.06 bits per heavy atom. The summed E-state index contributed by atoms with van der Waals surface area (Å²) in [6, 6.07) is 17.8. The van der Waals surface area contributed by atoms with Gasteiger partial charge in [0.25, 0.3) is 5.56 Å². The van der Waals surface area contributed by atoms with Gasteiger partial charge in [-0.15, -0.1) is 0 Å². The molecule has 1 saturated heterocycles. The molecule has 7 nitrogen and oxygen atoms in total. The van der Waals surface area contributed by atoms with Gasteiger partial charge in [0.15, 0.2) is 0 Å². The Morgan fingerprint density at radius 3 is 2.49 bits per heavy atom. The number of likely N-dealkylation sites (tertiary alicyclic amines) is 1. The van der Waals surface area contributed by atoms with Gasteiger partial charge >= 0.3 is 5.69 Å². The minimum atomic E-state index is -0.473. The highest BCUT2D eigenvalue weighted by Gasteiger charge is 2.23. The van der Waals surface area contributed by atoms with Crippen molar-refractivity contribution in [3.05, 3.63) is 92.1 Å². The van der Waals surface area contributed by atoms with E-state index < -0.39 is 5.69 Å². The summed E-state index contributed by atoms with van der Waals surface area (Å²) in [7, 11) is 0. The van der Waals surface area contributed by atoms with Crippen LogP contribution in [0.1, 0.15) is 55.2 Å². The van der Waals surface area contributed by atoms with E-state index in [0.717, 1.165) is 42.6 Å². The van der Waals surface area contributed by atoms with Crippen molar-refractivity contribution in [2.45, 2.75) is 58.4 Å². The molecule has 0 spiro atoms. The Kier molecular flexibility index (Phi) is 7.85. The molecule has 1 aromatic heterocycles. The minimum absolute atomic E-state index is 0.0883. The fraction of sp³-hybridized carbons (Fsp3) is 0.393. The summed E-state index contributed by atoms with van der Waals surface area (Å²) in [5.41, 5.74) is 3.72. The van der Waals surface area contributed by atoms with Crippen LogP contribution in [0.15, 0.2) is 64.2 Å². The number of nitrogens with zero attached hydrogens (tertiary/aromatic N) is 2. The van der Waals surface area contributed by atoms with Gasteiger partial charge in [0, 0.05) is 37.8 Å². The quantitative estimate of drug-likeness (QED) is 0.509. The van der Waals surface area contributed by atoms with Gasteiger partial charge in [0.2, 0.25) is 5.91 Å². The molecule has 2 N–H and O–H groups in total. The molecular weight excluding hydrogens is 440 g/mol. The number of benzene rings is 2. The second-order valence-electron chi connectivity index (χ2n) is 9.27. The maximum atomic E-state index is 12.7. The van der Waals surface area contributed by atoms with Crippen LogP contribution in [0, 0.1) is 6.92 Å². The number of carbonyl (C=O) groups is 1. The van der Waals surface area contributed by atoms with Crippen molar-refractivity contribution in [2.75, 3.05) is 18.4 Å². The molecule has 2 heterocycles. The van der Waals surface area contributed by atoms with E-state index in [2.05, 4.69) is 48.4 Å². The normalized spacial score (nSPS) is 14.2. The van der Waals surface area contributed by atoms with E-state index in [1.165, 1.54) is 22.8 Å². The average Bonchev–Trinajstić information content (AvgIpc) is 2.87. The number of piperidine rings is 1. The lowest BCUT2D eigenvalue weighted by molar-refractivity contribution is -0.132. The van der Waals surface area contributed by atoms with E-state index in [-0.39, 0.29) is 18.0 Å². The predicted molar refractivity (Wildman–Crippen MR) is 139 cm³/mol. The molecular formula is C28H34N4O3. The molecule has 7 heteroatoms. The number of aryl methyl sites for hydroxylation is 2. The van der Waals surface area contributed by atoms with E-state index in [9.17, 15) is 14.4 Å². The molecule has 0 atom stereocenters. The van der Waals surface area contributed by atoms with Crippen molar-refractivity contribution in [3.63, 3.8) is 0 Å². The van der Waals surface area contributed by atoms with Gasteiger partial charge in [0.1, 0.15) is 5.82 Å². The molecule has 35 heavy (non-hydrogen) atoms. The van der Waals surface area contributed by atoms with Crippen molar-refractivity contribution in [2.24, 2.45) is 0 Å². The average molecular weight is 475 g/mol. The highest BCUT2D eigenvalue weighted by molar-refractivity contribution is 5.76. The van der Waals surface area contributed by atoms with Crippen molar-refractivity contribution in [3.8, 4) is 0 Å². The maximum absolute atomic E-state index is 12.7. The molecule has 0 aliphatic carbocycles. The van der Waals surface area contributed by atoms with Crippen LogP contribution < -0.4 is 16.6 Å². The van der Waals surface area contributed by atoms with Gasteiger partial charge in [-0.3, -0.25) is 19.1 Å². The van der Waals surface area contributed by atoms with E-state index in [4.69, 9.17) is 0 Å². The molecule has 3 aromatic rings. The molecule has 0 saturated carbocycles. The van der Waals surface area contributed by atoms with E-state index in [0.29, 0.717) is 24.6 Å². The molecule has 4 rings (SSSR count). The summed E-state index contributed by atoms with van der Waals surface area (Å²) in [5.74, 6) is 0.947. The number of aromatic nitrogens is 2. The monoisotopic (exact) mass is 474 g/mol. The van der Waals surface area contributed by atoms with Gasteiger partial charge < -0.3 is 10.2 Å². The van der Waals surface area contributed by atoms with Crippen LogP contribution in [-0.4, -0.2) is 33.4 Å². The highest BCUT2D eigenvalue weighted by Crippen LogP contribution is 2.28. The highest BCUT2D eigenvalue weighted by atomic mass is 16.2. The topological polar surface area (TPSA) is 87.2 Å². The maximum Gasteiger partial charge on any atom is 0.329 e. The zero-order chi connectivity index (χ0) is 24.8. The SMILES string of the molecule is CCc1cc(Nc2cc(=O)n(CCCC(=O)N3CCC(c4ccccc4)CC3)c(=O)[nH]2)ccc1C. The third-order valence-electron chi connectivity index (χ3n) is 6.92. The lowest BCUT2D eigenvalue weighted by Gasteiger charge is -2.32. The van der Waals surface area contributed by atoms with Gasteiger partial charge in [0.05, 0.1) is 0 Å². The van der Waals surface area contributed by atoms with Crippen LogP contribution in [0.25, 0.3) is 0 Å². The number of rotatable bonds is 8. The summed E-state index contributed by atoms with van der Waals surface area (Å²) in [4.78, 5) is 42.5. The van der Waals surface area contributed by atoms with Gasteiger partial charge in [-0.25, -0.2) is 4.79 Å². The predicted octanol–water partition coefficient (Wildman–Crippen LogP) is 4.34. The van der Waals surface area contributed by atoms with Gasteiger partial charge in [-0.05, 0) is 67.3 Å². The van der Waals surface area contributed by atoms with Crippen LogP contribution in [-0.2, 0) is 17.8 Å². The van der Waals surface area contributed by atoms with E-state index in [1.807, 2.05) is 29.2 Å². The van der Waals surface area contributed by atoms with Crippen LogP contribution in [0.3, 0.4) is 0 Å². The number of hydrogen-bond donors (Lipinski definition) is 2. The van der Waals surface area contributed by atoms with Crippen LogP contribution in [0.2, 0.25) is 0 Å². The number of H-pyrrole nitrogens is 1. The van der Waals surface area contributed by atoms with Crippen LogP contribution >= 0.6 is 0 Å². The first-order chi connectivity index (χ1) is 16.9. The summed E-state index contributed by atoms with van der Waals surface area (Å²) in [6.45, 7) is 5.86. The molecule has 2 aromatic carbocycles. The van der Waals surface area contributed by atoms with Gasteiger partial charge in [-0.2, -0.15) is 0 Å². The Balaban J connectivity index is 1.29. The molecule has 1 amide bonds. The summed E-state index contributed by atoms with van der Waals surface area (Å²) < 4.78 is 1.16. The number of aromatic amines is 1. The van der Waals surface area contributed by atoms with E-state index >= 15 is 0 Å². The fourth-order valence-electron chi connectivity index (χ4n) is 4.82. The second kappa shape index (κ2) is 11.2. The first-order valence-corrected chi connectivity index (χ1v) is 12.5. The smallest absolute Gasteiger partial charge is 0.329 e. The lowest BCUT2D eigenvalue weighted by atomic mass is 9.89. The number of hydrogen-bond acceptors (Lipinski definition) is 4. The summed E-state index contributed by atoms with van der Waals surface area (Å²) in [6.07, 6.45) is 3.60. The third kappa shape index (κ3) is 6.10. The molecule has 1 aliphatic rings. The minimum Gasteiger partial charge on any atom is -0.343 e. The molecule has 0 bridgehead atoms. The standard InChI is InChI=1S/C28H34N4O3/c1-3-21-18-24(12-11-20(21)2)29-25-19-27(34)32(28(35)30-25)15-7-10-26(33)31-16-13-23(14-17-31)22-8-5-4-6-9-22/h4-6,8-9,11-12,18-19,23,29H,3,7,10,13-17H2,1-2H3,(H,30,35). The first-order valence-electron chi connectivity index (χ1n) is 12.5. The summed E-state index contributed by atoms with van der Waals surface area (Å²) in [5, 5.41) is 3.12. The molecule has 1 aliphatic heterocycles. The lowest BCUT2D eigenvalue weighted by Crippen LogP contribution is -2.38. The number of amides is 1. The zero-order valence-electron chi connectivity index (χ0n) is 20.5. The second-order valence-corrected chi connectivity index (χ2v) is 9.27. The molecule has 184 valence electrons. The third-order valence-corrected chi connectivity index (χ3v) is 6.92. The number of nitrogens with one attached hydrogen (secondary N) is 2.